The molecule has 0 saturated heterocycles. The highest BCUT2D eigenvalue weighted by atomic mass is 19.1. The van der Waals surface area contributed by atoms with Gasteiger partial charge < -0.3 is 15.5 Å². The van der Waals surface area contributed by atoms with E-state index in [1.165, 1.54) is 36.4 Å². The summed E-state index contributed by atoms with van der Waals surface area (Å²) in [6.45, 7) is 0.0581. The van der Waals surface area contributed by atoms with Crippen LogP contribution in [0, 0.1) is 5.82 Å². The Morgan fingerprint density at radius 1 is 1.10 bits per heavy atom. The van der Waals surface area contributed by atoms with Gasteiger partial charge in [-0.3, -0.25) is 4.79 Å². The Hall–Kier alpha value is -2.40. The first-order chi connectivity index (χ1) is 10.0. The molecule has 1 atom stereocenters. The molecule has 2 aromatic rings. The van der Waals surface area contributed by atoms with Crippen LogP contribution in [-0.2, 0) is 11.2 Å². The second-order valence-electron chi connectivity index (χ2n) is 4.71. The summed E-state index contributed by atoms with van der Waals surface area (Å²) in [5.74, 6) is -0.463. The van der Waals surface area contributed by atoms with Crippen LogP contribution in [0.1, 0.15) is 17.2 Å². The maximum Gasteiger partial charge on any atom is 0.224 e. The Morgan fingerprint density at radius 3 is 2.33 bits per heavy atom. The molecule has 1 amide bonds. The van der Waals surface area contributed by atoms with Gasteiger partial charge in [0.2, 0.25) is 5.91 Å². The van der Waals surface area contributed by atoms with Crippen molar-refractivity contribution in [3.8, 4) is 5.75 Å². The van der Waals surface area contributed by atoms with Gasteiger partial charge in [0.15, 0.2) is 0 Å². The molecule has 3 N–H and O–H groups in total. The van der Waals surface area contributed by atoms with E-state index in [9.17, 15) is 14.3 Å². The minimum Gasteiger partial charge on any atom is -0.508 e. The van der Waals surface area contributed by atoms with Gasteiger partial charge in [-0.25, -0.2) is 4.39 Å². The van der Waals surface area contributed by atoms with Crippen LogP contribution in [-0.4, -0.2) is 22.7 Å². The standard InChI is InChI=1S/C16H16FNO3/c17-13-5-3-12(4-6-13)15(20)10-18-16(21)9-11-1-7-14(19)8-2-11/h1-8,15,19-20H,9-10H2,(H,18,21). The van der Waals surface area contributed by atoms with E-state index in [-0.39, 0.29) is 30.4 Å². The van der Waals surface area contributed by atoms with Crippen molar-refractivity contribution in [1.29, 1.82) is 0 Å². The Morgan fingerprint density at radius 2 is 1.71 bits per heavy atom. The normalized spacial score (nSPS) is 11.9. The average Bonchev–Trinajstić information content (AvgIpc) is 2.48. The second-order valence-corrected chi connectivity index (χ2v) is 4.71. The highest BCUT2D eigenvalue weighted by Gasteiger charge is 2.10. The minimum absolute atomic E-state index is 0.0581. The molecule has 0 aliphatic carbocycles. The van der Waals surface area contributed by atoms with Crippen LogP contribution in [0.4, 0.5) is 4.39 Å². The molecule has 0 aliphatic heterocycles. The number of nitrogens with one attached hydrogen (secondary N) is 1. The van der Waals surface area contributed by atoms with Crippen LogP contribution >= 0.6 is 0 Å². The van der Waals surface area contributed by atoms with E-state index in [0.717, 1.165) is 5.56 Å². The van der Waals surface area contributed by atoms with Crippen molar-refractivity contribution < 1.29 is 19.4 Å². The predicted molar refractivity (Wildman–Crippen MR) is 76.2 cm³/mol. The van der Waals surface area contributed by atoms with Gasteiger partial charge in [0.25, 0.3) is 0 Å². The SMILES string of the molecule is O=C(Cc1ccc(O)cc1)NCC(O)c1ccc(F)cc1. The van der Waals surface area contributed by atoms with Gasteiger partial charge in [-0.2, -0.15) is 0 Å². The molecule has 0 saturated carbocycles. The van der Waals surface area contributed by atoms with E-state index >= 15 is 0 Å². The van der Waals surface area contributed by atoms with Crippen LogP contribution in [0.3, 0.4) is 0 Å². The van der Waals surface area contributed by atoms with Crippen molar-refractivity contribution in [2.75, 3.05) is 6.54 Å². The number of rotatable bonds is 5. The van der Waals surface area contributed by atoms with Gasteiger partial charge in [-0.15, -0.1) is 0 Å². The predicted octanol–water partition coefficient (Wildman–Crippen LogP) is 1.92. The quantitative estimate of drug-likeness (QED) is 0.787. The molecule has 0 heterocycles. The van der Waals surface area contributed by atoms with Gasteiger partial charge in [0.1, 0.15) is 11.6 Å². The first-order valence-electron chi connectivity index (χ1n) is 6.53. The summed E-state index contributed by atoms with van der Waals surface area (Å²) in [5, 5.41) is 21.7. The molecule has 21 heavy (non-hydrogen) atoms. The van der Waals surface area contributed by atoms with E-state index in [1.807, 2.05) is 0 Å². The maximum atomic E-state index is 12.8. The zero-order chi connectivity index (χ0) is 15.2. The number of amides is 1. The molecule has 1 unspecified atom stereocenters. The van der Waals surface area contributed by atoms with Crippen molar-refractivity contribution in [3.05, 3.63) is 65.5 Å². The second kappa shape index (κ2) is 6.85. The summed E-state index contributed by atoms with van der Waals surface area (Å²) < 4.78 is 12.8. The summed E-state index contributed by atoms with van der Waals surface area (Å²) >= 11 is 0. The number of hydrogen-bond donors (Lipinski definition) is 3. The fourth-order valence-corrected chi connectivity index (χ4v) is 1.87. The molecule has 2 aromatic carbocycles. The average molecular weight is 289 g/mol. The summed E-state index contributed by atoms with van der Waals surface area (Å²) in [5.41, 5.74) is 1.31. The lowest BCUT2D eigenvalue weighted by Gasteiger charge is -2.12. The lowest BCUT2D eigenvalue weighted by atomic mass is 10.1. The molecule has 2 rings (SSSR count). The molecule has 0 aromatic heterocycles. The van der Waals surface area contributed by atoms with Crippen LogP contribution in [0.15, 0.2) is 48.5 Å². The highest BCUT2D eigenvalue weighted by molar-refractivity contribution is 5.78. The molecule has 4 nitrogen and oxygen atoms in total. The van der Waals surface area contributed by atoms with E-state index in [1.54, 1.807) is 12.1 Å². The number of halogens is 1. The molecular weight excluding hydrogens is 273 g/mol. The number of carbonyl (C=O) groups is 1. The minimum atomic E-state index is -0.880. The number of phenols is 1. The number of aliphatic hydroxyl groups excluding tert-OH is 1. The Kier molecular flexibility index (Phi) is 4.90. The summed E-state index contributed by atoms with van der Waals surface area (Å²) in [4.78, 5) is 11.7. The molecular formula is C16H16FNO3. The number of phenolic OH excluding ortho intramolecular Hbond substituents is 1. The number of aromatic hydroxyl groups is 1. The Labute approximate surface area is 121 Å². The molecule has 0 spiro atoms. The third-order valence-corrected chi connectivity index (χ3v) is 3.05. The molecule has 110 valence electrons. The van der Waals surface area contributed by atoms with E-state index in [2.05, 4.69) is 5.32 Å². The first-order valence-corrected chi connectivity index (χ1v) is 6.53. The molecule has 0 aliphatic rings. The summed E-state index contributed by atoms with van der Waals surface area (Å²) in [7, 11) is 0. The third-order valence-electron chi connectivity index (χ3n) is 3.05. The summed E-state index contributed by atoms with van der Waals surface area (Å²) in [6, 6.07) is 11.8. The summed E-state index contributed by atoms with van der Waals surface area (Å²) in [6.07, 6.45) is -0.717. The number of benzene rings is 2. The van der Waals surface area contributed by atoms with Gasteiger partial charge in [-0.1, -0.05) is 24.3 Å². The van der Waals surface area contributed by atoms with Crippen LogP contribution in [0.25, 0.3) is 0 Å². The number of aliphatic hydroxyl groups is 1. The number of carbonyl (C=O) groups excluding carboxylic acids is 1. The van der Waals surface area contributed by atoms with Gasteiger partial charge in [0, 0.05) is 6.54 Å². The fraction of sp³-hybridized carbons (Fsp3) is 0.188. The van der Waals surface area contributed by atoms with E-state index in [4.69, 9.17) is 5.11 Å². The van der Waals surface area contributed by atoms with Gasteiger partial charge in [-0.05, 0) is 35.4 Å². The smallest absolute Gasteiger partial charge is 0.224 e. The molecule has 0 radical (unpaired) electrons. The topological polar surface area (TPSA) is 69.6 Å². The van der Waals surface area contributed by atoms with Crippen molar-refractivity contribution in [1.82, 2.24) is 5.32 Å². The Bertz CT molecular complexity index is 596. The largest absolute Gasteiger partial charge is 0.508 e. The maximum absolute atomic E-state index is 12.8. The van der Waals surface area contributed by atoms with Crippen molar-refractivity contribution in [3.63, 3.8) is 0 Å². The third kappa shape index (κ3) is 4.57. The van der Waals surface area contributed by atoms with Crippen LogP contribution in [0.5, 0.6) is 5.75 Å². The fourth-order valence-electron chi connectivity index (χ4n) is 1.87. The van der Waals surface area contributed by atoms with E-state index < -0.39 is 6.10 Å². The zero-order valence-electron chi connectivity index (χ0n) is 11.3. The molecule has 0 fully saturated rings. The Balaban J connectivity index is 1.83. The van der Waals surface area contributed by atoms with Crippen molar-refractivity contribution in [2.45, 2.75) is 12.5 Å². The number of hydrogen-bond acceptors (Lipinski definition) is 3. The van der Waals surface area contributed by atoms with Gasteiger partial charge >= 0.3 is 0 Å². The van der Waals surface area contributed by atoms with Crippen molar-refractivity contribution >= 4 is 5.91 Å². The lowest BCUT2D eigenvalue weighted by molar-refractivity contribution is -0.120. The first kappa shape index (κ1) is 15.0. The van der Waals surface area contributed by atoms with Crippen molar-refractivity contribution in [2.24, 2.45) is 0 Å². The van der Waals surface area contributed by atoms with Crippen LogP contribution < -0.4 is 5.32 Å². The molecule has 0 bridgehead atoms. The monoisotopic (exact) mass is 289 g/mol. The molecule has 5 heteroatoms. The zero-order valence-corrected chi connectivity index (χ0v) is 11.3. The van der Waals surface area contributed by atoms with Crippen LogP contribution in [0.2, 0.25) is 0 Å². The lowest BCUT2D eigenvalue weighted by Crippen LogP contribution is -2.29. The van der Waals surface area contributed by atoms with Gasteiger partial charge in [0.05, 0.1) is 12.5 Å². The highest BCUT2D eigenvalue weighted by Crippen LogP contribution is 2.13. The van der Waals surface area contributed by atoms with E-state index in [0.29, 0.717) is 5.56 Å².